The van der Waals surface area contributed by atoms with Crippen LogP contribution in [0.5, 0.6) is 0 Å². The first-order valence-electron chi connectivity index (χ1n) is 5.67. The van der Waals surface area contributed by atoms with Crippen LogP contribution in [0.15, 0.2) is 0 Å². The smallest absolute Gasteiger partial charge is 0.306 e. The number of carbonyl (C=O) groups is 2. The number of ether oxygens (including phenoxy) is 1. The lowest BCUT2D eigenvalue weighted by Gasteiger charge is -2.14. The van der Waals surface area contributed by atoms with Crippen molar-refractivity contribution in [3.8, 4) is 0 Å². The minimum Gasteiger partial charge on any atom is -0.456 e. The molecule has 0 N–H and O–H groups in total. The summed E-state index contributed by atoms with van der Waals surface area (Å²) in [5.41, 5.74) is 0. The second kappa shape index (κ2) is 6.43. The van der Waals surface area contributed by atoms with Crippen molar-refractivity contribution < 1.29 is 14.3 Å². The van der Waals surface area contributed by atoms with Crippen LogP contribution in [-0.2, 0) is 14.3 Å². The predicted molar refractivity (Wildman–Crippen MR) is 56.3 cm³/mol. The normalized spacial score (nSPS) is 15.4. The van der Waals surface area contributed by atoms with Gasteiger partial charge < -0.3 is 9.64 Å². The van der Waals surface area contributed by atoms with Gasteiger partial charge in [-0.2, -0.15) is 0 Å². The lowest BCUT2D eigenvalue weighted by atomic mass is 10.2. The largest absolute Gasteiger partial charge is 0.456 e. The van der Waals surface area contributed by atoms with E-state index in [0.29, 0.717) is 6.42 Å². The van der Waals surface area contributed by atoms with E-state index in [1.165, 1.54) is 0 Å². The van der Waals surface area contributed by atoms with Gasteiger partial charge in [0.1, 0.15) is 0 Å². The number of amides is 1. The van der Waals surface area contributed by atoms with Crippen molar-refractivity contribution in [1.29, 1.82) is 0 Å². The minimum absolute atomic E-state index is 0.0580. The zero-order chi connectivity index (χ0) is 11.1. The molecule has 1 heterocycles. The monoisotopic (exact) mass is 213 g/mol. The lowest BCUT2D eigenvalue weighted by Crippen LogP contribution is -2.32. The minimum atomic E-state index is -0.260. The standard InChI is InChI=1S/C11H19NO3/c1-2-3-6-11(14)15-9-10(13)12-7-4-5-8-12/h2-9H2,1H3. The van der Waals surface area contributed by atoms with Gasteiger partial charge in [-0.25, -0.2) is 0 Å². The second-order valence-corrected chi connectivity index (χ2v) is 3.85. The Balaban J connectivity index is 2.12. The summed E-state index contributed by atoms with van der Waals surface area (Å²) in [5, 5.41) is 0. The van der Waals surface area contributed by atoms with E-state index in [-0.39, 0.29) is 18.5 Å². The molecule has 0 bridgehead atoms. The molecule has 1 aliphatic rings. The molecule has 0 aromatic carbocycles. The molecule has 86 valence electrons. The zero-order valence-electron chi connectivity index (χ0n) is 9.33. The molecule has 0 aliphatic carbocycles. The van der Waals surface area contributed by atoms with Crippen molar-refractivity contribution in [2.45, 2.75) is 39.0 Å². The summed E-state index contributed by atoms with van der Waals surface area (Å²) < 4.78 is 4.89. The summed E-state index contributed by atoms with van der Waals surface area (Å²) in [6.45, 7) is 3.56. The summed E-state index contributed by atoms with van der Waals surface area (Å²) in [5.74, 6) is -0.318. The average Bonchev–Trinajstić information content (AvgIpc) is 2.76. The van der Waals surface area contributed by atoms with E-state index < -0.39 is 0 Å². The van der Waals surface area contributed by atoms with Crippen LogP contribution in [0.25, 0.3) is 0 Å². The highest BCUT2D eigenvalue weighted by molar-refractivity contribution is 5.80. The van der Waals surface area contributed by atoms with Crippen molar-refractivity contribution in [2.24, 2.45) is 0 Å². The number of rotatable bonds is 5. The molecule has 0 spiro atoms. The molecule has 15 heavy (non-hydrogen) atoms. The van der Waals surface area contributed by atoms with Gasteiger partial charge in [0, 0.05) is 19.5 Å². The quantitative estimate of drug-likeness (QED) is 0.647. The van der Waals surface area contributed by atoms with Gasteiger partial charge in [0.25, 0.3) is 5.91 Å². The fraction of sp³-hybridized carbons (Fsp3) is 0.818. The molecule has 1 fully saturated rings. The third-order valence-electron chi connectivity index (χ3n) is 2.55. The molecule has 1 rings (SSSR count). The molecule has 0 aromatic rings. The lowest BCUT2D eigenvalue weighted by molar-refractivity contribution is -0.151. The van der Waals surface area contributed by atoms with Crippen LogP contribution >= 0.6 is 0 Å². The van der Waals surface area contributed by atoms with Crippen LogP contribution in [0.1, 0.15) is 39.0 Å². The van der Waals surface area contributed by atoms with Crippen LogP contribution < -0.4 is 0 Å². The predicted octanol–water partition coefficient (Wildman–Crippen LogP) is 1.34. The highest BCUT2D eigenvalue weighted by atomic mass is 16.5. The molecule has 0 aromatic heterocycles. The van der Waals surface area contributed by atoms with E-state index in [9.17, 15) is 9.59 Å². The third kappa shape index (κ3) is 4.32. The molecule has 0 atom stereocenters. The fourth-order valence-corrected chi connectivity index (χ4v) is 1.59. The molecule has 0 radical (unpaired) electrons. The molecular formula is C11H19NO3. The van der Waals surface area contributed by atoms with Crippen LogP contribution in [0.3, 0.4) is 0 Å². The Hall–Kier alpha value is -1.06. The van der Waals surface area contributed by atoms with Crippen LogP contribution in [0.4, 0.5) is 0 Å². The molecule has 4 nitrogen and oxygen atoms in total. The second-order valence-electron chi connectivity index (χ2n) is 3.85. The van der Waals surface area contributed by atoms with Gasteiger partial charge in [-0.05, 0) is 19.3 Å². The summed E-state index contributed by atoms with van der Waals surface area (Å²) in [7, 11) is 0. The number of hydrogen-bond acceptors (Lipinski definition) is 3. The summed E-state index contributed by atoms with van der Waals surface area (Å²) in [4.78, 5) is 24.4. The van der Waals surface area contributed by atoms with E-state index >= 15 is 0 Å². The number of carbonyl (C=O) groups excluding carboxylic acids is 2. The molecule has 4 heteroatoms. The van der Waals surface area contributed by atoms with E-state index in [4.69, 9.17) is 4.74 Å². The molecule has 1 amide bonds. The SMILES string of the molecule is CCCCC(=O)OCC(=O)N1CCCC1. The van der Waals surface area contributed by atoms with Crippen LogP contribution in [-0.4, -0.2) is 36.5 Å². The highest BCUT2D eigenvalue weighted by Gasteiger charge is 2.18. The summed E-state index contributed by atoms with van der Waals surface area (Å²) >= 11 is 0. The number of likely N-dealkylation sites (tertiary alicyclic amines) is 1. The van der Waals surface area contributed by atoms with Gasteiger partial charge in [-0.15, -0.1) is 0 Å². The van der Waals surface area contributed by atoms with Gasteiger partial charge in [0.05, 0.1) is 0 Å². The molecule has 1 saturated heterocycles. The topological polar surface area (TPSA) is 46.6 Å². The Kier molecular flexibility index (Phi) is 5.15. The van der Waals surface area contributed by atoms with E-state index in [0.717, 1.165) is 38.8 Å². The van der Waals surface area contributed by atoms with Crippen molar-refractivity contribution in [2.75, 3.05) is 19.7 Å². The average molecular weight is 213 g/mol. The third-order valence-corrected chi connectivity index (χ3v) is 2.55. The molecule has 0 saturated carbocycles. The Labute approximate surface area is 90.6 Å². The Morgan fingerprint density at radius 3 is 2.53 bits per heavy atom. The Morgan fingerprint density at radius 1 is 1.27 bits per heavy atom. The summed E-state index contributed by atoms with van der Waals surface area (Å²) in [6, 6.07) is 0. The van der Waals surface area contributed by atoms with Gasteiger partial charge in [-0.3, -0.25) is 9.59 Å². The van der Waals surface area contributed by atoms with Gasteiger partial charge >= 0.3 is 5.97 Å². The first-order chi connectivity index (χ1) is 7.24. The van der Waals surface area contributed by atoms with Crippen molar-refractivity contribution >= 4 is 11.9 Å². The van der Waals surface area contributed by atoms with E-state index in [1.54, 1.807) is 4.90 Å². The Morgan fingerprint density at radius 2 is 1.93 bits per heavy atom. The van der Waals surface area contributed by atoms with Gasteiger partial charge in [0.2, 0.25) is 0 Å². The number of nitrogens with zero attached hydrogens (tertiary/aromatic N) is 1. The number of hydrogen-bond donors (Lipinski definition) is 0. The highest BCUT2D eigenvalue weighted by Crippen LogP contribution is 2.07. The first-order valence-corrected chi connectivity index (χ1v) is 5.67. The maximum absolute atomic E-state index is 11.5. The fourth-order valence-electron chi connectivity index (χ4n) is 1.59. The maximum Gasteiger partial charge on any atom is 0.306 e. The maximum atomic E-state index is 11.5. The van der Waals surface area contributed by atoms with Crippen molar-refractivity contribution in [3.05, 3.63) is 0 Å². The molecular weight excluding hydrogens is 194 g/mol. The zero-order valence-corrected chi connectivity index (χ0v) is 9.33. The van der Waals surface area contributed by atoms with Gasteiger partial charge in [-0.1, -0.05) is 13.3 Å². The van der Waals surface area contributed by atoms with Crippen molar-refractivity contribution in [3.63, 3.8) is 0 Å². The van der Waals surface area contributed by atoms with Crippen LogP contribution in [0, 0.1) is 0 Å². The molecule has 0 unspecified atom stereocenters. The Bertz CT molecular complexity index is 222. The number of esters is 1. The summed E-state index contributed by atoms with van der Waals surface area (Å²) in [6.07, 6.45) is 4.35. The first kappa shape index (κ1) is 12.0. The number of unbranched alkanes of at least 4 members (excludes halogenated alkanes) is 1. The van der Waals surface area contributed by atoms with Crippen molar-refractivity contribution in [1.82, 2.24) is 4.90 Å². The van der Waals surface area contributed by atoms with Gasteiger partial charge in [0.15, 0.2) is 6.61 Å². The van der Waals surface area contributed by atoms with Crippen LogP contribution in [0.2, 0.25) is 0 Å². The van der Waals surface area contributed by atoms with E-state index in [2.05, 4.69) is 0 Å². The molecule has 1 aliphatic heterocycles. The van der Waals surface area contributed by atoms with E-state index in [1.807, 2.05) is 6.92 Å².